The van der Waals surface area contributed by atoms with Gasteiger partial charge in [-0.15, -0.1) is 0 Å². The van der Waals surface area contributed by atoms with Crippen molar-refractivity contribution in [2.75, 3.05) is 13.2 Å². The molecule has 1 aliphatic rings. The normalized spacial score (nSPS) is 23.1. The maximum atomic E-state index is 5.93. The smallest absolute Gasteiger partial charge is 0.0895 e. The van der Waals surface area contributed by atoms with Crippen molar-refractivity contribution >= 4 is 0 Å². The second kappa shape index (κ2) is 6.19. The molecule has 2 aromatic rings. The van der Waals surface area contributed by atoms with Crippen molar-refractivity contribution in [2.24, 2.45) is 5.92 Å². The summed E-state index contributed by atoms with van der Waals surface area (Å²) in [5.74, 6) is 0.490. The Bertz CT molecular complexity index is 521. The first-order chi connectivity index (χ1) is 9.84. The van der Waals surface area contributed by atoms with Crippen LogP contribution in [0.4, 0.5) is 0 Å². The Labute approximate surface area is 118 Å². The van der Waals surface area contributed by atoms with E-state index in [2.05, 4.69) is 32.6 Å². The van der Waals surface area contributed by atoms with Crippen LogP contribution in [0.2, 0.25) is 0 Å². The molecule has 20 heavy (non-hydrogen) atoms. The molecular weight excluding hydrogens is 254 g/mol. The number of nitrogens with zero attached hydrogens (tertiary/aromatic N) is 2. The van der Waals surface area contributed by atoms with Crippen molar-refractivity contribution < 1.29 is 4.74 Å². The van der Waals surface area contributed by atoms with E-state index in [-0.39, 0.29) is 6.10 Å². The fraction of sp³-hybridized carbons (Fsp3) is 0.571. The van der Waals surface area contributed by atoms with Crippen molar-refractivity contribution in [2.45, 2.75) is 32.4 Å². The number of aromatic nitrogens is 4. The summed E-state index contributed by atoms with van der Waals surface area (Å²) in [6, 6.07) is 0. The Morgan fingerprint density at radius 3 is 3.10 bits per heavy atom. The van der Waals surface area contributed by atoms with Gasteiger partial charge in [0.15, 0.2) is 0 Å². The van der Waals surface area contributed by atoms with Crippen molar-refractivity contribution in [1.29, 1.82) is 0 Å². The number of hydrogen-bond donors (Lipinski definition) is 3. The molecule has 6 nitrogen and oxygen atoms in total. The zero-order valence-corrected chi connectivity index (χ0v) is 11.7. The van der Waals surface area contributed by atoms with Gasteiger partial charge < -0.3 is 10.1 Å². The summed E-state index contributed by atoms with van der Waals surface area (Å²) in [5, 5.41) is 17.5. The lowest BCUT2D eigenvalue weighted by Crippen LogP contribution is -2.31. The molecule has 3 rings (SSSR count). The molecule has 0 amide bonds. The van der Waals surface area contributed by atoms with Gasteiger partial charge in [0.1, 0.15) is 0 Å². The highest BCUT2D eigenvalue weighted by Gasteiger charge is 2.27. The van der Waals surface area contributed by atoms with Crippen molar-refractivity contribution in [1.82, 2.24) is 25.7 Å². The van der Waals surface area contributed by atoms with Crippen LogP contribution in [0.1, 0.15) is 35.8 Å². The third-order valence-corrected chi connectivity index (χ3v) is 3.93. The fourth-order valence-corrected chi connectivity index (χ4v) is 2.77. The van der Waals surface area contributed by atoms with Gasteiger partial charge >= 0.3 is 0 Å². The van der Waals surface area contributed by atoms with Gasteiger partial charge in [0.25, 0.3) is 0 Å². The topological polar surface area (TPSA) is 78.6 Å². The lowest BCUT2D eigenvalue weighted by molar-refractivity contribution is -0.0278. The van der Waals surface area contributed by atoms with Crippen LogP contribution in [0.15, 0.2) is 18.6 Å². The largest absolute Gasteiger partial charge is 0.373 e. The summed E-state index contributed by atoms with van der Waals surface area (Å²) in [5.41, 5.74) is 3.50. The summed E-state index contributed by atoms with van der Waals surface area (Å²) in [7, 11) is 0. The second-order valence-electron chi connectivity index (χ2n) is 5.39. The lowest BCUT2D eigenvalue weighted by atomic mass is 9.91. The lowest BCUT2D eigenvalue weighted by Gasteiger charge is -2.31. The average Bonchev–Trinajstić information content (AvgIpc) is 3.12. The predicted octanol–water partition coefficient (Wildman–Crippen LogP) is 1.70. The molecule has 3 heterocycles. The van der Waals surface area contributed by atoms with E-state index < -0.39 is 0 Å². The summed E-state index contributed by atoms with van der Waals surface area (Å²) >= 11 is 0. The molecule has 0 unspecified atom stereocenters. The van der Waals surface area contributed by atoms with Crippen LogP contribution in [-0.2, 0) is 11.3 Å². The van der Waals surface area contributed by atoms with Crippen LogP contribution < -0.4 is 5.32 Å². The highest BCUT2D eigenvalue weighted by Crippen LogP contribution is 2.32. The second-order valence-corrected chi connectivity index (χ2v) is 5.39. The minimum absolute atomic E-state index is 0.151. The molecule has 1 aliphatic heterocycles. The highest BCUT2D eigenvalue weighted by molar-refractivity contribution is 5.13. The van der Waals surface area contributed by atoms with E-state index >= 15 is 0 Å². The summed E-state index contributed by atoms with van der Waals surface area (Å²) < 4.78 is 5.93. The molecule has 0 aromatic carbocycles. The van der Waals surface area contributed by atoms with Crippen LogP contribution in [-0.4, -0.2) is 33.5 Å². The molecular formula is C14H21N5O. The van der Waals surface area contributed by atoms with E-state index in [1.54, 1.807) is 0 Å². The first-order valence-corrected chi connectivity index (χ1v) is 7.14. The first kappa shape index (κ1) is 13.3. The number of nitrogens with one attached hydrogen (secondary N) is 3. The molecule has 1 fully saturated rings. The van der Waals surface area contributed by atoms with Crippen molar-refractivity contribution in [3.63, 3.8) is 0 Å². The zero-order valence-electron chi connectivity index (χ0n) is 11.7. The van der Waals surface area contributed by atoms with E-state index in [0.717, 1.165) is 37.4 Å². The standard InChI is InChI=1S/C14H21N5O/c1-10-5-18-19-13(10)9-15-6-11-3-2-4-20-14(11)12-7-16-17-8-12/h5,7-8,11,14-15H,2-4,6,9H2,1H3,(H,16,17)(H,18,19)/t11-,14+/m0/s1. The van der Waals surface area contributed by atoms with Gasteiger partial charge in [0.2, 0.25) is 0 Å². The van der Waals surface area contributed by atoms with E-state index in [9.17, 15) is 0 Å². The molecule has 6 heteroatoms. The number of hydrogen-bond acceptors (Lipinski definition) is 4. The number of ether oxygens (including phenoxy) is 1. The third kappa shape index (κ3) is 2.91. The molecule has 108 valence electrons. The molecule has 0 spiro atoms. The van der Waals surface area contributed by atoms with Gasteiger partial charge in [-0.25, -0.2) is 0 Å². The van der Waals surface area contributed by atoms with Gasteiger partial charge in [0.05, 0.1) is 24.2 Å². The Morgan fingerprint density at radius 1 is 1.40 bits per heavy atom. The molecule has 2 aromatic heterocycles. The van der Waals surface area contributed by atoms with Gasteiger partial charge in [-0.05, 0) is 25.3 Å². The zero-order chi connectivity index (χ0) is 13.8. The van der Waals surface area contributed by atoms with Crippen LogP contribution in [0.5, 0.6) is 0 Å². The van der Waals surface area contributed by atoms with Crippen LogP contribution in [0, 0.1) is 12.8 Å². The highest BCUT2D eigenvalue weighted by atomic mass is 16.5. The number of aromatic amines is 2. The van der Waals surface area contributed by atoms with Gasteiger partial charge in [-0.1, -0.05) is 0 Å². The Balaban J connectivity index is 1.56. The fourth-order valence-electron chi connectivity index (χ4n) is 2.77. The maximum Gasteiger partial charge on any atom is 0.0895 e. The van der Waals surface area contributed by atoms with Crippen LogP contribution >= 0.6 is 0 Å². The summed E-state index contributed by atoms with van der Waals surface area (Å²) in [6.07, 6.45) is 8.12. The Hall–Kier alpha value is -1.66. The SMILES string of the molecule is Cc1cn[nH]c1CNC[C@@H]1CCCO[C@H]1c1cn[nH]c1. The molecule has 3 N–H and O–H groups in total. The predicted molar refractivity (Wildman–Crippen MR) is 75.0 cm³/mol. The minimum Gasteiger partial charge on any atom is -0.373 e. The van der Waals surface area contributed by atoms with E-state index in [1.165, 1.54) is 12.0 Å². The van der Waals surface area contributed by atoms with E-state index in [0.29, 0.717) is 5.92 Å². The first-order valence-electron chi connectivity index (χ1n) is 7.14. The van der Waals surface area contributed by atoms with Gasteiger partial charge in [-0.2, -0.15) is 10.2 Å². The average molecular weight is 275 g/mol. The van der Waals surface area contributed by atoms with Crippen molar-refractivity contribution in [3.8, 4) is 0 Å². The van der Waals surface area contributed by atoms with Crippen LogP contribution in [0.25, 0.3) is 0 Å². The Morgan fingerprint density at radius 2 is 2.35 bits per heavy atom. The maximum absolute atomic E-state index is 5.93. The van der Waals surface area contributed by atoms with E-state index in [4.69, 9.17) is 4.74 Å². The molecule has 2 atom stereocenters. The van der Waals surface area contributed by atoms with Gasteiger partial charge in [0, 0.05) is 37.4 Å². The molecule has 1 saturated heterocycles. The summed E-state index contributed by atoms with van der Waals surface area (Å²) in [4.78, 5) is 0. The number of rotatable bonds is 5. The van der Waals surface area contributed by atoms with Gasteiger partial charge in [-0.3, -0.25) is 10.2 Å². The Kier molecular flexibility index (Phi) is 4.13. The quantitative estimate of drug-likeness (QED) is 0.776. The van der Waals surface area contributed by atoms with E-state index in [1.807, 2.05) is 18.6 Å². The molecule has 0 radical (unpaired) electrons. The molecule has 0 bridgehead atoms. The molecule has 0 aliphatic carbocycles. The molecule has 0 saturated carbocycles. The number of aryl methyl sites for hydroxylation is 1. The third-order valence-electron chi connectivity index (χ3n) is 3.93. The van der Waals surface area contributed by atoms with Crippen molar-refractivity contribution in [3.05, 3.63) is 35.4 Å². The minimum atomic E-state index is 0.151. The monoisotopic (exact) mass is 275 g/mol. The number of H-pyrrole nitrogens is 2. The summed E-state index contributed by atoms with van der Waals surface area (Å²) in [6.45, 7) is 4.67. The van der Waals surface area contributed by atoms with Crippen LogP contribution in [0.3, 0.4) is 0 Å².